The van der Waals surface area contributed by atoms with Crippen LogP contribution in [0.15, 0.2) is 4.99 Å². The molecule has 1 aliphatic heterocycles. The van der Waals surface area contributed by atoms with Gasteiger partial charge in [0.2, 0.25) is 0 Å². The van der Waals surface area contributed by atoms with E-state index in [1.807, 2.05) is 0 Å². The Hall–Kier alpha value is -0.810. The lowest BCUT2D eigenvalue weighted by Crippen LogP contribution is -2.41. The number of ether oxygens (including phenoxy) is 2. The number of hydrogen-bond donors (Lipinski definition) is 1. The van der Waals surface area contributed by atoms with Crippen molar-refractivity contribution in [3.8, 4) is 0 Å². The summed E-state index contributed by atoms with van der Waals surface area (Å²) in [6.45, 7) is 13.1. The largest absolute Gasteiger partial charge is 0.381 e. The molecule has 0 aliphatic carbocycles. The van der Waals surface area contributed by atoms with Crippen LogP contribution in [0.2, 0.25) is 0 Å². The molecule has 0 saturated carbocycles. The molecule has 0 radical (unpaired) electrons. The topological polar surface area (TPSA) is 46.1 Å². The Labute approximate surface area is 142 Å². The lowest BCUT2D eigenvalue weighted by Gasteiger charge is -2.30. The molecule has 1 rings (SSSR count). The van der Waals surface area contributed by atoms with Crippen LogP contribution in [0.4, 0.5) is 0 Å². The second kappa shape index (κ2) is 10.1. The number of guanidine groups is 1. The normalized spacial score (nSPS) is 18.8. The van der Waals surface area contributed by atoms with Crippen molar-refractivity contribution < 1.29 is 9.47 Å². The summed E-state index contributed by atoms with van der Waals surface area (Å²) in [6, 6.07) is 0. The quantitative estimate of drug-likeness (QED) is 0.577. The number of rotatable bonds is 7. The highest BCUT2D eigenvalue weighted by molar-refractivity contribution is 5.79. The van der Waals surface area contributed by atoms with Gasteiger partial charge in [0, 0.05) is 40.5 Å². The van der Waals surface area contributed by atoms with Gasteiger partial charge in [-0.25, -0.2) is 0 Å². The maximum absolute atomic E-state index is 5.61. The number of nitrogens with one attached hydrogen (secondary N) is 1. The monoisotopic (exact) mass is 327 g/mol. The SMILES string of the molecule is CCNC(=NCC(OC)C(C)(C)C)N(C)CCC1CCOCC1. The van der Waals surface area contributed by atoms with Crippen molar-refractivity contribution in [2.75, 3.05) is 47.0 Å². The van der Waals surface area contributed by atoms with Crippen LogP contribution in [0.25, 0.3) is 0 Å². The van der Waals surface area contributed by atoms with Gasteiger partial charge < -0.3 is 19.7 Å². The van der Waals surface area contributed by atoms with Crippen LogP contribution in [-0.4, -0.2) is 64.0 Å². The van der Waals surface area contributed by atoms with Gasteiger partial charge in [0.15, 0.2) is 5.96 Å². The molecule has 0 spiro atoms. The number of nitrogens with zero attached hydrogens (tertiary/aromatic N) is 2. The van der Waals surface area contributed by atoms with Crippen LogP contribution in [0.1, 0.15) is 47.0 Å². The zero-order chi connectivity index (χ0) is 17.3. The molecule has 1 fully saturated rings. The van der Waals surface area contributed by atoms with Gasteiger partial charge in [-0.15, -0.1) is 0 Å². The fraction of sp³-hybridized carbons (Fsp3) is 0.944. The minimum Gasteiger partial charge on any atom is -0.381 e. The predicted octanol–water partition coefficient (Wildman–Crippen LogP) is 2.76. The van der Waals surface area contributed by atoms with E-state index >= 15 is 0 Å². The first-order valence-corrected chi connectivity index (χ1v) is 8.98. The van der Waals surface area contributed by atoms with Gasteiger partial charge in [0.1, 0.15) is 0 Å². The van der Waals surface area contributed by atoms with Crippen LogP contribution in [0.5, 0.6) is 0 Å². The molecule has 1 atom stereocenters. The minimum atomic E-state index is 0.0935. The zero-order valence-corrected chi connectivity index (χ0v) is 16.0. The van der Waals surface area contributed by atoms with Crippen molar-refractivity contribution in [2.45, 2.75) is 53.1 Å². The highest BCUT2D eigenvalue weighted by Gasteiger charge is 2.24. The van der Waals surface area contributed by atoms with Gasteiger partial charge in [-0.1, -0.05) is 20.8 Å². The van der Waals surface area contributed by atoms with Crippen LogP contribution in [-0.2, 0) is 9.47 Å². The van der Waals surface area contributed by atoms with Gasteiger partial charge in [-0.2, -0.15) is 0 Å². The summed E-state index contributed by atoms with van der Waals surface area (Å²) < 4.78 is 11.0. The molecular weight excluding hydrogens is 290 g/mol. The summed E-state index contributed by atoms with van der Waals surface area (Å²) in [5.74, 6) is 1.77. The van der Waals surface area contributed by atoms with Gasteiger partial charge in [0.25, 0.3) is 0 Å². The lowest BCUT2D eigenvalue weighted by atomic mass is 9.89. The molecule has 5 heteroatoms. The molecule has 1 heterocycles. The van der Waals surface area contributed by atoms with E-state index in [2.05, 4.69) is 45.0 Å². The third kappa shape index (κ3) is 7.53. The molecule has 0 aromatic heterocycles. The van der Waals surface area contributed by atoms with E-state index in [4.69, 9.17) is 14.5 Å². The smallest absolute Gasteiger partial charge is 0.193 e. The number of hydrogen-bond acceptors (Lipinski definition) is 3. The summed E-state index contributed by atoms with van der Waals surface area (Å²) in [5, 5.41) is 3.40. The molecule has 1 unspecified atom stereocenters. The maximum Gasteiger partial charge on any atom is 0.193 e. The molecule has 1 N–H and O–H groups in total. The Morgan fingerprint density at radius 1 is 1.35 bits per heavy atom. The summed E-state index contributed by atoms with van der Waals surface area (Å²) in [6.07, 6.45) is 3.71. The average molecular weight is 328 g/mol. The summed E-state index contributed by atoms with van der Waals surface area (Å²) in [7, 11) is 3.90. The van der Waals surface area contributed by atoms with Crippen molar-refractivity contribution in [1.29, 1.82) is 0 Å². The Morgan fingerprint density at radius 2 is 2.00 bits per heavy atom. The van der Waals surface area contributed by atoms with Crippen molar-refractivity contribution in [2.24, 2.45) is 16.3 Å². The first-order chi connectivity index (χ1) is 10.9. The minimum absolute atomic E-state index is 0.0935. The Balaban J connectivity index is 2.54. The predicted molar refractivity (Wildman–Crippen MR) is 97.0 cm³/mol. The molecule has 5 nitrogen and oxygen atoms in total. The summed E-state index contributed by atoms with van der Waals surface area (Å²) in [4.78, 5) is 7.04. The van der Waals surface area contributed by atoms with Crippen molar-refractivity contribution >= 4 is 5.96 Å². The first kappa shape index (κ1) is 20.2. The highest BCUT2D eigenvalue weighted by atomic mass is 16.5. The van der Waals surface area contributed by atoms with E-state index in [0.29, 0.717) is 6.54 Å². The molecular formula is C18H37N3O2. The van der Waals surface area contributed by atoms with E-state index < -0.39 is 0 Å². The van der Waals surface area contributed by atoms with Crippen LogP contribution in [0, 0.1) is 11.3 Å². The Bertz CT molecular complexity index is 347. The summed E-state index contributed by atoms with van der Waals surface area (Å²) >= 11 is 0. The number of aliphatic imine (C=N–C) groups is 1. The van der Waals surface area contributed by atoms with Gasteiger partial charge in [0.05, 0.1) is 12.6 Å². The summed E-state index contributed by atoms with van der Waals surface area (Å²) in [5.41, 5.74) is 0.0935. The van der Waals surface area contributed by atoms with Gasteiger partial charge >= 0.3 is 0 Å². The molecule has 1 saturated heterocycles. The van der Waals surface area contributed by atoms with Crippen molar-refractivity contribution in [3.63, 3.8) is 0 Å². The molecule has 0 aromatic carbocycles. The van der Waals surface area contributed by atoms with Crippen LogP contribution >= 0.6 is 0 Å². The first-order valence-electron chi connectivity index (χ1n) is 8.98. The Kier molecular flexibility index (Phi) is 8.92. The van der Waals surface area contributed by atoms with Crippen LogP contribution in [0.3, 0.4) is 0 Å². The molecule has 1 aliphatic rings. The third-order valence-electron chi connectivity index (χ3n) is 4.57. The van der Waals surface area contributed by atoms with Gasteiger partial charge in [-0.05, 0) is 37.5 Å². The van der Waals surface area contributed by atoms with Crippen molar-refractivity contribution in [1.82, 2.24) is 10.2 Å². The van der Waals surface area contributed by atoms with Gasteiger partial charge in [-0.3, -0.25) is 4.99 Å². The zero-order valence-electron chi connectivity index (χ0n) is 16.0. The van der Waals surface area contributed by atoms with Crippen LogP contribution < -0.4 is 5.32 Å². The van der Waals surface area contributed by atoms with E-state index in [1.54, 1.807) is 7.11 Å². The molecule has 0 bridgehead atoms. The molecule has 0 amide bonds. The molecule has 0 aromatic rings. The lowest BCUT2D eigenvalue weighted by molar-refractivity contribution is 0.0239. The second-order valence-corrected chi connectivity index (χ2v) is 7.55. The molecule has 136 valence electrons. The fourth-order valence-corrected chi connectivity index (χ4v) is 2.86. The van der Waals surface area contributed by atoms with E-state index in [1.165, 1.54) is 19.3 Å². The Morgan fingerprint density at radius 3 is 2.52 bits per heavy atom. The number of methoxy groups -OCH3 is 1. The van der Waals surface area contributed by atoms with E-state index in [9.17, 15) is 0 Å². The maximum atomic E-state index is 5.61. The van der Waals surface area contributed by atoms with Crippen molar-refractivity contribution in [3.05, 3.63) is 0 Å². The standard InChI is InChI=1S/C18H37N3O2/c1-7-19-17(20-14-16(22-6)18(2,3)4)21(5)11-8-15-9-12-23-13-10-15/h15-16H,7-14H2,1-6H3,(H,19,20). The van der Waals surface area contributed by atoms with E-state index in [0.717, 1.165) is 38.2 Å². The highest BCUT2D eigenvalue weighted by Crippen LogP contribution is 2.22. The third-order valence-corrected chi connectivity index (χ3v) is 4.57. The van der Waals surface area contributed by atoms with E-state index in [-0.39, 0.29) is 11.5 Å². The second-order valence-electron chi connectivity index (χ2n) is 7.55. The fourth-order valence-electron chi connectivity index (χ4n) is 2.86. The molecule has 23 heavy (non-hydrogen) atoms. The average Bonchev–Trinajstić information content (AvgIpc) is 2.52.